The van der Waals surface area contributed by atoms with Gasteiger partial charge >= 0.3 is 6.43 Å². The van der Waals surface area contributed by atoms with E-state index in [0.29, 0.717) is 18.5 Å². The second-order valence-electron chi connectivity index (χ2n) is 8.35. The van der Waals surface area contributed by atoms with Crippen LogP contribution in [0.5, 0.6) is 0 Å². The predicted octanol–water partition coefficient (Wildman–Crippen LogP) is 2.30. The fourth-order valence-electron chi connectivity index (χ4n) is 4.76. The smallest absolute Gasteiger partial charge is 0.315 e. The lowest BCUT2D eigenvalue weighted by molar-refractivity contribution is -0.145. The van der Waals surface area contributed by atoms with Crippen molar-refractivity contribution in [3.05, 3.63) is 23.9 Å². The van der Waals surface area contributed by atoms with Crippen LogP contribution in [-0.2, 0) is 4.79 Å². The summed E-state index contributed by atoms with van der Waals surface area (Å²) in [6, 6.07) is 3.00. The Kier molecular flexibility index (Phi) is 5.21. The second kappa shape index (κ2) is 7.64. The van der Waals surface area contributed by atoms with Gasteiger partial charge < -0.3 is 15.1 Å². The molecule has 2 amide bonds. The Labute approximate surface area is 163 Å². The number of amides is 2. The van der Waals surface area contributed by atoms with E-state index in [9.17, 15) is 18.4 Å². The number of nitrogens with one attached hydrogen (secondary N) is 1. The number of aromatic nitrogens is 1. The number of likely N-dealkylation sites (tertiary alicyclic amines) is 1. The number of carbonyl (C=O) groups is 2. The lowest BCUT2D eigenvalue weighted by Gasteiger charge is -2.33. The van der Waals surface area contributed by atoms with Crippen LogP contribution in [0.2, 0.25) is 0 Å². The summed E-state index contributed by atoms with van der Waals surface area (Å²) in [5, 5.41) is 2.92. The van der Waals surface area contributed by atoms with Crippen LogP contribution in [0, 0.1) is 11.8 Å². The molecule has 1 saturated carbocycles. The number of hydrogen-bond donors (Lipinski definition) is 1. The molecule has 3 unspecified atom stereocenters. The van der Waals surface area contributed by atoms with Crippen molar-refractivity contribution in [3.63, 3.8) is 0 Å². The minimum atomic E-state index is -3.00. The van der Waals surface area contributed by atoms with Gasteiger partial charge in [-0.1, -0.05) is 6.92 Å². The van der Waals surface area contributed by atoms with Crippen molar-refractivity contribution in [2.24, 2.45) is 11.8 Å². The van der Waals surface area contributed by atoms with Crippen molar-refractivity contribution in [1.82, 2.24) is 15.2 Å². The zero-order valence-electron chi connectivity index (χ0n) is 16.0. The van der Waals surface area contributed by atoms with E-state index in [1.165, 1.54) is 4.90 Å². The maximum absolute atomic E-state index is 12.8. The first kappa shape index (κ1) is 19.1. The first-order valence-electron chi connectivity index (χ1n) is 10.0. The summed E-state index contributed by atoms with van der Waals surface area (Å²) in [5.74, 6) is 0.387. The zero-order valence-corrected chi connectivity index (χ0v) is 16.0. The fraction of sp³-hybridized carbons (Fsp3) is 0.650. The van der Waals surface area contributed by atoms with Gasteiger partial charge in [0.2, 0.25) is 0 Å². The van der Waals surface area contributed by atoms with Crippen LogP contribution in [0.4, 0.5) is 14.6 Å². The Morgan fingerprint density at radius 3 is 2.57 bits per heavy atom. The molecule has 152 valence electrons. The minimum Gasteiger partial charge on any atom is -0.357 e. The van der Waals surface area contributed by atoms with Gasteiger partial charge in [-0.2, -0.15) is 8.78 Å². The highest BCUT2D eigenvalue weighted by atomic mass is 19.3. The highest BCUT2D eigenvalue weighted by Crippen LogP contribution is 2.38. The Bertz CT molecular complexity index is 734. The molecule has 3 atom stereocenters. The number of piperidine rings is 2. The predicted molar refractivity (Wildman–Crippen MR) is 100 cm³/mol. The highest BCUT2D eigenvalue weighted by molar-refractivity contribution is 5.94. The van der Waals surface area contributed by atoms with Crippen LogP contribution in [0.1, 0.15) is 43.0 Å². The SMILES string of the molecule is CC1CCN(c2ccc(C(=O)NC3CC4CC3N(C(=O)C(F)F)C4)cn2)CC1. The van der Waals surface area contributed by atoms with E-state index in [-0.39, 0.29) is 23.9 Å². The molecule has 1 aromatic rings. The molecule has 1 aliphatic carbocycles. The van der Waals surface area contributed by atoms with E-state index in [2.05, 4.69) is 22.1 Å². The van der Waals surface area contributed by atoms with Crippen molar-refractivity contribution in [1.29, 1.82) is 0 Å². The normalized spacial score (nSPS) is 27.5. The van der Waals surface area contributed by atoms with Crippen LogP contribution in [-0.4, -0.2) is 59.8 Å². The minimum absolute atomic E-state index is 0.181. The van der Waals surface area contributed by atoms with Crippen molar-refractivity contribution in [2.75, 3.05) is 24.5 Å². The Morgan fingerprint density at radius 2 is 1.96 bits per heavy atom. The molecule has 0 radical (unpaired) electrons. The topological polar surface area (TPSA) is 65.5 Å². The largest absolute Gasteiger partial charge is 0.357 e. The van der Waals surface area contributed by atoms with Gasteiger partial charge in [-0.25, -0.2) is 4.98 Å². The van der Waals surface area contributed by atoms with E-state index < -0.39 is 12.3 Å². The number of alkyl halides is 2. The van der Waals surface area contributed by atoms with Crippen molar-refractivity contribution in [2.45, 2.75) is 51.1 Å². The molecule has 3 aliphatic rings. The summed E-state index contributed by atoms with van der Waals surface area (Å²) in [6.45, 7) is 4.56. The summed E-state index contributed by atoms with van der Waals surface area (Å²) >= 11 is 0. The number of pyridine rings is 1. The molecule has 2 bridgehead atoms. The Hall–Kier alpha value is -2.25. The molecule has 4 rings (SSSR count). The average Bonchev–Trinajstić information content (AvgIpc) is 3.28. The van der Waals surface area contributed by atoms with Crippen molar-refractivity contribution in [3.8, 4) is 0 Å². The van der Waals surface area contributed by atoms with Gasteiger partial charge in [0.1, 0.15) is 5.82 Å². The number of fused-ring (bicyclic) bond motifs is 2. The van der Waals surface area contributed by atoms with E-state index in [1.54, 1.807) is 12.3 Å². The molecule has 3 heterocycles. The summed E-state index contributed by atoms with van der Waals surface area (Å²) in [7, 11) is 0. The number of hydrogen-bond acceptors (Lipinski definition) is 4. The number of nitrogens with zero attached hydrogens (tertiary/aromatic N) is 3. The second-order valence-corrected chi connectivity index (χ2v) is 8.35. The zero-order chi connectivity index (χ0) is 19.8. The molecule has 2 saturated heterocycles. The Morgan fingerprint density at radius 1 is 1.21 bits per heavy atom. The Balaban J connectivity index is 1.37. The van der Waals surface area contributed by atoms with Crippen molar-refractivity contribution >= 4 is 17.6 Å². The van der Waals surface area contributed by atoms with Gasteiger partial charge in [0.15, 0.2) is 0 Å². The van der Waals surface area contributed by atoms with E-state index in [0.717, 1.165) is 44.1 Å². The van der Waals surface area contributed by atoms with E-state index >= 15 is 0 Å². The number of rotatable bonds is 4. The first-order valence-corrected chi connectivity index (χ1v) is 10.0. The molecule has 0 aromatic carbocycles. The van der Waals surface area contributed by atoms with Gasteiger partial charge in [-0.05, 0) is 49.7 Å². The first-order chi connectivity index (χ1) is 13.4. The molecule has 8 heteroatoms. The summed E-state index contributed by atoms with van der Waals surface area (Å²) < 4.78 is 25.6. The summed E-state index contributed by atoms with van der Waals surface area (Å²) in [5.41, 5.74) is 0.448. The number of anilines is 1. The molecule has 1 aromatic heterocycles. The summed E-state index contributed by atoms with van der Waals surface area (Å²) in [4.78, 5) is 32.2. The lowest BCUT2D eigenvalue weighted by atomic mass is 9.99. The van der Waals surface area contributed by atoms with Gasteiger partial charge in [-0.15, -0.1) is 0 Å². The molecule has 6 nitrogen and oxygen atoms in total. The molecule has 28 heavy (non-hydrogen) atoms. The van der Waals surface area contributed by atoms with Crippen molar-refractivity contribution < 1.29 is 18.4 Å². The molecule has 2 aliphatic heterocycles. The molecular formula is C20H26F2N4O2. The molecule has 1 N–H and O–H groups in total. The van der Waals surface area contributed by atoms with Gasteiger partial charge in [0.05, 0.1) is 11.6 Å². The highest BCUT2D eigenvalue weighted by Gasteiger charge is 2.48. The summed E-state index contributed by atoms with van der Waals surface area (Å²) in [6.07, 6.45) is 2.25. The van der Waals surface area contributed by atoms with Crippen LogP contribution in [0.3, 0.4) is 0 Å². The van der Waals surface area contributed by atoms with Gasteiger partial charge in [0, 0.05) is 31.9 Å². The third-order valence-electron chi connectivity index (χ3n) is 6.39. The molecular weight excluding hydrogens is 366 g/mol. The number of halogens is 2. The van der Waals surface area contributed by atoms with Gasteiger partial charge in [0.25, 0.3) is 11.8 Å². The van der Waals surface area contributed by atoms with Gasteiger partial charge in [-0.3, -0.25) is 9.59 Å². The van der Waals surface area contributed by atoms with E-state index in [1.807, 2.05) is 6.07 Å². The third-order valence-corrected chi connectivity index (χ3v) is 6.39. The molecule has 0 spiro atoms. The monoisotopic (exact) mass is 392 g/mol. The quantitative estimate of drug-likeness (QED) is 0.854. The van der Waals surface area contributed by atoms with Crippen LogP contribution in [0.25, 0.3) is 0 Å². The fourth-order valence-corrected chi connectivity index (χ4v) is 4.76. The van der Waals surface area contributed by atoms with Crippen LogP contribution < -0.4 is 10.2 Å². The maximum Gasteiger partial charge on any atom is 0.315 e. The standard InChI is InChI=1S/C20H26F2N4O2/c1-12-4-6-25(7-5-12)17-3-2-14(10-23-17)19(27)24-15-8-13-9-16(15)26(11-13)20(28)18(21)22/h2-3,10,12-13,15-16,18H,4-9,11H2,1H3,(H,24,27). The van der Waals surface area contributed by atoms with Crippen LogP contribution >= 0.6 is 0 Å². The maximum atomic E-state index is 12.8. The third kappa shape index (κ3) is 3.69. The number of carbonyl (C=O) groups excluding carboxylic acids is 2. The lowest BCUT2D eigenvalue weighted by Crippen LogP contribution is -2.53. The average molecular weight is 392 g/mol. The van der Waals surface area contributed by atoms with E-state index in [4.69, 9.17) is 0 Å². The molecule has 3 fully saturated rings. The van der Waals surface area contributed by atoms with Crippen LogP contribution in [0.15, 0.2) is 18.3 Å².